The fourth-order valence-corrected chi connectivity index (χ4v) is 4.60. The molecule has 3 rings (SSSR count). The van der Waals surface area contributed by atoms with E-state index in [2.05, 4.69) is 10.0 Å². The average Bonchev–Trinajstić information content (AvgIpc) is 2.73. The Morgan fingerprint density at radius 3 is 2.39 bits per heavy atom. The fraction of sp³-hybridized carbons (Fsp3) is 0.174. The molecule has 0 spiro atoms. The SMILES string of the molecule is COc1ccc([C@H](C)NC(=O)c2ccc(Cl)c(S(=O)(=O)Nc3cccc(C)c3)c2)cc1. The predicted octanol–water partition coefficient (Wildman–Crippen LogP) is 4.95. The van der Waals surface area contributed by atoms with Gasteiger partial charge in [-0.05, 0) is 67.4 Å². The second kappa shape index (κ2) is 9.41. The lowest BCUT2D eigenvalue weighted by molar-refractivity contribution is 0.0939. The minimum Gasteiger partial charge on any atom is -0.497 e. The molecule has 0 bridgehead atoms. The zero-order chi connectivity index (χ0) is 22.6. The summed E-state index contributed by atoms with van der Waals surface area (Å²) in [5.74, 6) is 0.308. The number of amides is 1. The predicted molar refractivity (Wildman–Crippen MR) is 122 cm³/mol. The number of aryl methyl sites for hydroxylation is 1. The molecule has 1 amide bonds. The number of carbonyl (C=O) groups is 1. The van der Waals surface area contributed by atoms with Gasteiger partial charge in [-0.3, -0.25) is 9.52 Å². The van der Waals surface area contributed by atoms with Gasteiger partial charge in [-0.25, -0.2) is 8.42 Å². The molecule has 31 heavy (non-hydrogen) atoms. The Labute approximate surface area is 187 Å². The van der Waals surface area contributed by atoms with Crippen LogP contribution in [0.2, 0.25) is 5.02 Å². The van der Waals surface area contributed by atoms with E-state index in [1.165, 1.54) is 18.2 Å². The highest BCUT2D eigenvalue weighted by Crippen LogP contribution is 2.26. The van der Waals surface area contributed by atoms with Crippen LogP contribution in [-0.2, 0) is 10.0 Å². The van der Waals surface area contributed by atoms with Crippen molar-refractivity contribution in [2.24, 2.45) is 0 Å². The van der Waals surface area contributed by atoms with Crippen LogP contribution in [-0.4, -0.2) is 21.4 Å². The van der Waals surface area contributed by atoms with Crippen molar-refractivity contribution in [1.29, 1.82) is 0 Å². The van der Waals surface area contributed by atoms with Crippen molar-refractivity contribution in [3.63, 3.8) is 0 Å². The maximum Gasteiger partial charge on any atom is 0.263 e. The van der Waals surface area contributed by atoms with E-state index in [1.807, 2.05) is 44.2 Å². The molecule has 0 aliphatic heterocycles. The summed E-state index contributed by atoms with van der Waals surface area (Å²) in [6.45, 7) is 3.70. The van der Waals surface area contributed by atoms with Crippen LogP contribution < -0.4 is 14.8 Å². The number of benzene rings is 3. The number of hydrogen-bond donors (Lipinski definition) is 2. The van der Waals surface area contributed by atoms with Crippen molar-refractivity contribution in [2.75, 3.05) is 11.8 Å². The molecule has 8 heteroatoms. The largest absolute Gasteiger partial charge is 0.497 e. The molecule has 0 fully saturated rings. The number of anilines is 1. The molecule has 0 aromatic heterocycles. The van der Waals surface area contributed by atoms with Crippen LogP contribution in [0.15, 0.2) is 71.6 Å². The number of sulfonamides is 1. The average molecular weight is 459 g/mol. The van der Waals surface area contributed by atoms with Gasteiger partial charge in [0.25, 0.3) is 15.9 Å². The topological polar surface area (TPSA) is 84.5 Å². The van der Waals surface area contributed by atoms with Crippen LogP contribution in [0, 0.1) is 6.92 Å². The first kappa shape index (κ1) is 22.7. The molecule has 6 nitrogen and oxygen atoms in total. The van der Waals surface area contributed by atoms with Crippen molar-refractivity contribution in [2.45, 2.75) is 24.8 Å². The molecule has 2 N–H and O–H groups in total. The zero-order valence-electron chi connectivity index (χ0n) is 17.3. The lowest BCUT2D eigenvalue weighted by Gasteiger charge is -2.16. The van der Waals surface area contributed by atoms with Gasteiger partial charge < -0.3 is 10.1 Å². The zero-order valence-corrected chi connectivity index (χ0v) is 18.9. The second-order valence-corrected chi connectivity index (χ2v) is 9.15. The Balaban J connectivity index is 1.81. The van der Waals surface area contributed by atoms with Crippen LogP contribution in [0.1, 0.15) is 34.5 Å². The van der Waals surface area contributed by atoms with Crippen LogP contribution >= 0.6 is 11.6 Å². The molecule has 0 radical (unpaired) electrons. The third-order valence-corrected chi connectivity index (χ3v) is 6.58. The van der Waals surface area contributed by atoms with Gasteiger partial charge in [0.05, 0.1) is 18.2 Å². The summed E-state index contributed by atoms with van der Waals surface area (Å²) in [5, 5.41) is 2.89. The summed E-state index contributed by atoms with van der Waals surface area (Å²) in [4.78, 5) is 12.6. The van der Waals surface area contributed by atoms with Crippen molar-refractivity contribution in [3.05, 3.63) is 88.4 Å². The van der Waals surface area contributed by atoms with E-state index in [0.29, 0.717) is 5.69 Å². The summed E-state index contributed by atoms with van der Waals surface area (Å²) in [7, 11) is -2.40. The molecular formula is C23H23ClN2O4S. The van der Waals surface area contributed by atoms with Crippen molar-refractivity contribution in [3.8, 4) is 5.75 Å². The van der Waals surface area contributed by atoms with E-state index in [9.17, 15) is 13.2 Å². The molecule has 0 saturated heterocycles. The van der Waals surface area contributed by atoms with E-state index in [-0.39, 0.29) is 21.5 Å². The van der Waals surface area contributed by atoms with Gasteiger partial charge in [0, 0.05) is 11.3 Å². The Bertz CT molecular complexity index is 1190. The van der Waals surface area contributed by atoms with Crippen molar-refractivity contribution in [1.82, 2.24) is 5.32 Å². The third-order valence-electron chi connectivity index (χ3n) is 4.72. The van der Waals surface area contributed by atoms with Gasteiger partial charge in [-0.15, -0.1) is 0 Å². The number of ether oxygens (including phenoxy) is 1. The minimum absolute atomic E-state index is 0.0277. The van der Waals surface area contributed by atoms with E-state index in [4.69, 9.17) is 16.3 Å². The number of carbonyl (C=O) groups excluding carboxylic acids is 1. The third kappa shape index (κ3) is 5.57. The molecule has 0 unspecified atom stereocenters. The van der Waals surface area contributed by atoms with Gasteiger partial charge in [-0.2, -0.15) is 0 Å². The number of halogens is 1. The highest BCUT2D eigenvalue weighted by atomic mass is 35.5. The first-order valence-electron chi connectivity index (χ1n) is 9.53. The molecular weight excluding hydrogens is 436 g/mol. The van der Waals surface area contributed by atoms with Gasteiger partial charge >= 0.3 is 0 Å². The van der Waals surface area contributed by atoms with Gasteiger partial charge in [0.15, 0.2) is 0 Å². The van der Waals surface area contributed by atoms with Gasteiger partial charge in [0.1, 0.15) is 10.6 Å². The highest BCUT2D eigenvalue weighted by molar-refractivity contribution is 7.92. The number of nitrogens with one attached hydrogen (secondary N) is 2. The standard InChI is InChI=1S/C23H23ClN2O4S/c1-15-5-4-6-19(13-15)26-31(28,29)22-14-18(9-12-21(22)24)23(27)25-16(2)17-7-10-20(30-3)11-8-17/h4-14,16,26H,1-3H3,(H,25,27)/t16-/m0/s1. The van der Waals surface area contributed by atoms with Gasteiger partial charge in [0.2, 0.25) is 0 Å². The van der Waals surface area contributed by atoms with E-state index >= 15 is 0 Å². The second-order valence-electron chi connectivity index (χ2n) is 7.09. The molecule has 0 aliphatic rings. The molecule has 0 heterocycles. The Kier molecular flexibility index (Phi) is 6.87. The molecule has 3 aromatic rings. The molecule has 3 aromatic carbocycles. The van der Waals surface area contributed by atoms with Crippen LogP contribution in [0.4, 0.5) is 5.69 Å². The summed E-state index contributed by atoms with van der Waals surface area (Å²) in [6, 6.07) is 18.2. The number of methoxy groups -OCH3 is 1. The van der Waals surface area contributed by atoms with Crippen LogP contribution in [0.5, 0.6) is 5.75 Å². The van der Waals surface area contributed by atoms with E-state index in [0.717, 1.165) is 16.9 Å². The fourth-order valence-electron chi connectivity index (χ4n) is 3.03. The maximum atomic E-state index is 12.9. The number of rotatable bonds is 7. The summed E-state index contributed by atoms with van der Waals surface area (Å²) in [6.07, 6.45) is 0. The first-order valence-corrected chi connectivity index (χ1v) is 11.4. The van der Waals surface area contributed by atoms with E-state index < -0.39 is 15.9 Å². The van der Waals surface area contributed by atoms with Crippen LogP contribution in [0.25, 0.3) is 0 Å². The summed E-state index contributed by atoms with van der Waals surface area (Å²) in [5.41, 5.74) is 2.40. The minimum atomic E-state index is -3.98. The number of hydrogen-bond acceptors (Lipinski definition) is 4. The van der Waals surface area contributed by atoms with Crippen LogP contribution in [0.3, 0.4) is 0 Å². The maximum absolute atomic E-state index is 12.9. The lowest BCUT2D eigenvalue weighted by atomic mass is 10.1. The summed E-state index contributed by atoms with van der Waals surface area (Å²) < 4.78 is 33.4. The van der Waals surface area contributed by atoms with E-state index in [1.54, 1.807) is 25.3 Å². The molecule has 0 saturated carbocycles. The van der Waals surface area contributed by atoms with Crippen molar-refractivity contribution >= 4 is 33.2 Å². The lowest BCUT2D eigenvalue weighted by Crippen LogP contribution is -2.27. The normalized spacial score (nSPS) is 12.1. The molecule has 1 atom stereocenters. The van der Waals surface area contributed by atoms with Crippen molar-refractivity contribution < 1.29 is 17.9 Å². The van der Waals surface area contributed by atoms with Gasteiger partial charge in [-0.1, -0.05) is 35.9 Å². The molecule has 162 valence electrons. The molecule has 0 aliphatic carbocycles. The smallest absolute Gasteiger partial charge is 0.263 e. The monoisotopic (exact) mass is 458 g/mol. The first-order chi connectivity index (χ1) is 14.7. The Hall–Kier alpha value is -3.03. The highest BCUT2D eigenvalue weighted by Gasteiger charge is 2.21. The quantitative estimate of drug-likeness (QED) is 0.524. The Morgan fingerprint density at radius 2 is 1.74 bits per heavy atom. The summed E-state index contributed by atoms with van der Waals surface area (Å²) >= 11 is 6.15. The Morgan fingerprint density at radius 1 is 1.03 bits per heavy atom.